The van der Waals surface area contributed by atoms with Crippen molar-refractivity contribution in [2.75, 3.05) is 20.3 Å². The lowest BCUT2D eigenvalue weighted by molar-refractivity contribution is -0.384. The van der Waals surface area contributed by atoms with Crippen LogP contribution in [0.5, 0.6) is 11.5 Å². The Balaban J connectivity index is 1.74. The highest BCUT2D eigenvalue weighted by Gasteiger charge is 2.29. The van der Waals surface area contributed by atoms with Gasteiger partial charge in [-0.3, -0.25) is 19.8 Å². The van der Waals surface area contributed by atoms with Crippen LogP contribution in [0.2, 0.25) is 0 Å². The molecule has 0 aromatic heterocycles. The van der Waals surface area contributed by atoms with E-state index in [1.165, 1.54) is 23.1 Å². The molecule has 1 heterocycles. The second-order valence-corrected chi connectivity index (χ2v) is 7.91. The van der Waals surface area contributed by atoms with Crippen LogP contribution in [0.25, 0.3) is 6.08 Å². The molecular formula is C20H18N2O5S2. The third-order valence-electron chi connectivity index (χ3n) is 4.11. The Labute approximate surface area is 177 Å². The van der Waals surface area contributed by atoms with Gasteiger partial charge in [-0.05, 0) is 31.2 Å². The Morgan fingerprint density at radius 1 is 1.17 bits per heavy atom. The maximum atomic E-state index is 12.2. The number of nitrogens with zero attached hydrogens (tertiary/aromatic N) is 2. The number of hydrogen-bond acceptors (Lipinski definition) is 7. The minimum absolute atomic E-state index is 0.0912. The minimum atomic E-state index is -0.493. The van der Waals surface area contributed by atoms with Gasteiger partial charge in [0.2, 0.25) is 0 Å². The molecule has 0 spiro atoms. The van der Waals surface area contributed by atoms with Gasteiger partial charge in [0.1, 0.15) is 29.0 Å². The zero-order valence-electron chi connectivity index (χ0n) is 15.8. The lowest BCUT2D eigenvalue weighted by Crippen LogP contribution is -2.22. The number of rotatable bonds is 7. The van der Waals surface area contributed by atoms with Gasteiger partial charge < -0.3 is 9.47 Å². The summed E-state index contributed by atoms with van der Waals surface area (Å²) < 4.78 is 11.8. The van der Waals surface area contributed by atoms with Crippen LogP contribution in [0.15, 0.2) is 47.4 Å². The van der Waals surface area contributed by atoms with Crippen molar-refractivity contribution in [1.29, 1.82) is 0 Å². The number of thioether (sulfide) groups is 1. The summed E-state index contributed by atoms with van der Waals surface area (Å²) >= 11 is 6.27. The van der Waals surface area contributed by atoms with E-state index in [2.05, 4.69) is 0 Å². The van der Waals surface area contributed by atoms with Crippen LogP contribution in [-0.2, 0) is 4.79 Å². The van der Waals surface area contributed by atoms with Gasteiger partial charge in [0.25, 0.3) is 11.6 Å². The number of nitro groups is 1. The topological polar surface area (TPSA) is 81.9 Å². The van der Waals surface area contributed by atoms with Crippen molar-refractivity contribution in [2.24, 2.45) is 0 Å². The fourth-order valence-electron chi connectivity index (χ4n) is 2.53. The molecule has 0 unspecified atom stereocenters. The molecule has 0 radical (unpaired) electrons. The number of aryl methyl sites for hydroxylation is 1. The summed E-state index contributed by atoms with van der Waals surface area (Å²) in [7, 11) is 1.59. The molecule has 1 amide bonds. The van der Waals surface area contributed by atoms with E-state index >= 15 is 0 Å². The molecule has 0 N–H and O–H groups in total. The van der Waals surface area contributed by atoms with E-state index in [4.69, 9.17) is 21.7 Å². The number of amides is 1. The number of benzene rings is 2. The van der Waals surface area contributed by atoms with Gasteiger partial charge in [0, 0.05) is 24.7 Å². The molecule has 3 rings (SSSR count). The summed E-state index contributed by atoms with van der Waals surface area (Å²) in [4.78, 5) is 24.6. The van der Waals surface area contributed by atoms with E-state index in [-0.39, 0.29) is 18.2 Å². The third kappa shape index (κ3) is 5.12. The average Bonchev–Trinajstić information content (AvgIpc) is 2.94. The van der Waals surface area contributed by atoms with Crippen molar-refractivity contribution in [3.8, 4) is 11.5 Å². The number of carbonyl (C=O) groups is 1. The lowest BCUT2D eigenvalue weighted by Gasteiger charge is -2.11. The molecule has 0 aliphatic carbocycles. The molecule has 1 aliphatic heterocycles. The van der Waals surface area contributed by atoms with Crippen LogP contribution in [0.1, 0.15) is 11.1 Å². The summed E-state index contributed by atoms with van der Waals surface area (Å²) in [5.41, 5.74) is 1.48. The normalized spacial score (nSPS) is 15.1. The van der Waals surface area contributed by atoms with Gasteiger partial charge >= 0.3 is 0 Å². The maximum absolute atomic E-state index is 12.2. The number of carbonyl (C=O) groups excluding carboxylic acids is 1. The molecule has 2 aromatic rings. The Hall–Kier alpha value is -2.91. The predicted octanol–water partition coefficient (Wildman–Crippen LogP) is 4.19. The molecule has 9 heteroatoms. The molecule has 2 aromatic carbocycles. The van der Waals surface area contributed by atoms with Gasteiger partial charge in [0.05, 0.1) is 9.83 Å². The Morgan fingerprint density at radius 3 is 2.48 bits per heavy atom. The average molecular weight is 431 g/mol. The van der Waals surface area contributed by atoms with E-state index in [1.807, 2.05) is 31.2 Å². The zero-order valence-corrected chi connectivity index (χ0v) is 17.4. The van der Waals surface area contributed by atoms with Gasteiger partial charge in [-0.1, -0.05) is 41.7 Å². The summed E-state index contributed by atoms with van der Waals surface area (Å²) in [6, 6.07) is 11.9. The molecular weight excluding hydrogens is 412 g/mol. The largest absolute Gasteiger partial charge is 0.490 e. The second-order valence-electron chi connectivity index (χ2n) is 6.23. The monoisotopic (exact) mass is 430 g/mol. The first kappa shape index (κ1) is 20.8. The SMILES string of the molecule is Cc1ccc(OCCOc2ccc([N+](=O)[O-])cc2/C=C2/SC(=S)N(C)C2=O)cc1. The number of thiocarbonyl (C=S) groups is 1. The van der Waals surface area contributed by atoms with Gasteiger partial charge in [0.15, 0.2) is 0 Å². The van der Waals surface area contributed by atoms with Crippen LogP contribution in [-0.4, -0.2) is 40.3 Å². The summed E-state index contributed by atoms with van der Waals surface area (Å²) in [6.07, 6.45) is 1.56. The van der Waals surface area contributed by atoms with Crippen molar-refractivity contribution in [2.45, 2.75) is 6.92 Å². The Kier molecular flexibility index (Phi) is 6.50. The summed E-state index contributed by atoms with van der Waals surface area (Å²) in [5, 5.41) is 11.1. The Bertz CT molecular complexity index is 989. The van der Waals surface area contributed by atoms with Crippen molar-refractivity contribution in [1.82, 2.24) is 4.90 Å². The molecule has 29 heavy (non-hydrogen) atoms. The smallest absolute Gasteiger partial charge is 0.270 e. The molecule has 7 nitrogen and oxygen atoms in total. The van der Waals surface area contributed by atoms with E-state index in [9.17, 15) is 14.9 Å². The number of hydrogen-bond donors (Lipinski definition) is 0. The van der Waals surface area contributed by atoms with Crippen LogP contribution in [0.4, 0.5) is 5.69 Å². The van der Waals surface area contributed by atoms with Crippen LogP contribution in [0, 0.1) is 17.0 Å². The molecule has 1 saturated heterocycles. The van der Waals surface area contributed by atoms with Gasteiger partial charge in [-0.15, -0.1) is 0 Å². The van der Waals surface area contributed by atoms with Gasteiger partial charge in [-0.25, -0.2) is 0 Å². The number of ether oxygens (including phenoxy) is 2. The molecule has 0 saturated carbocycles. The molecule has 150 valence electrons. The molecule has 1 fully saturated rings. The zero-order chi connectivity index (χ0) is 21.0. The van der Waals surface area contributed by atoms with Gasteiger partial charge in [-0.2, -0.15) is 0 Å². The highest BCUT2D eigenvalue weighted by Crippen LogP contribution is 2.34. The molecule has 0 bridgehead atoms. The lowest BCUT2D eigenvalue weighted by atomic mass is 10.1. The van der Waals surface area contributed by atoms with Crippen molar-refractivity contribution < 1.29 is 19.2 Å². The van der Waals surface area contributed by atoms with E-state index in [1.54, 1.807) is 13.1 Å². The first-order valence-corrected chi connectivity index (χ1v) is 9.90. The highest BCUT2D eigenvalue weighted by molar-refractivity contribution is 8.26. The predicted molar refractivity (Wildman–Crippen MR) is 116 cm³/mol. The van der Waals surface area contributed by atoms with E-state index in [0.29, 0.717) is 27.1 Å². The fourth-order valence-corrected chi connectivity index (χ4v) is 3.70. The quantitative estimate of drug-likeness (QED) is 0.214. The van der Waals surface area contributed by atoms with Crippen LogP contribution >= 0.6 is 24.0 Å². The van der Waals surface area contributed by atoms with Crippen LogP contribution in [0.3, 0.4) is 0 Å². The van der Waals surface area contributed by atoms with Crippen molar-refractivity contribution in [3.63, 3.8) is 0 Å². The van der Waals surface area contributed by atoms with E-state index in [0.717, 1.165) is 23.1 Å². The Morgan fingerprint density at radius 2 is 1.86 bits per heavy atom. The first-order valence-electron chi connectivity index (χ1n) is 8.67. The minimum Gasteiger partial charge on any atom is -0.490 e. The maximum Gasteiger partial charge on any atom is 0.270 e. The first-order chi connectivity index (χ1) is 13.8. The second kappa shape index (κ2) is 9.06. The van der Waals surface area contributed by atoms with Crippen molar-refractivity contribution >= 4 is 46.0 Å². The highest BCUT2D eigenvalue weighted by atomic mass is 32.2. The molecule has 0 atom stereocenters. The summed E-state index contributed by atoms with van der Waals surface area (Å²) in [6.45, 7) is 2.53. The van der Waals surface area contributed by atoms with Crippen molar-refractivity contribution in [3.05, 3.63) is 68.6 Å². The fraction of sp³-hybridized carbons (Fsp3) is 0.200. The van der Waals surface area contributed by atoms with E-state index < -0.39 is 4.92 Å². The third-order valence-corrected chi connectivity index (χ3v) is 5.59. The number of non-ortho nitro benzene ring substituents is 1. The van der Waals surface area contributed by atoms with Crippen LogP contribution < -0.4 is 9.47 Å². The number of likely N-dealkylation sites (N-methyl/N-ethyl adjacent to an activating group) is 1. The number of nitro benzene ring substituents is 1. The summed E-state index contributed by atoms with van der Waals surface area (Å²) in [5.74, 6) is 0.902. The standard InChI is InChI=1S/C20H18N2O5S2/c1-13-3-6-16(7-4-13)26-9-10-27-17-8-5-15(22(24)25)11-14(17)12-18-19(23)21(2)20(28)29-18/h3-8,11-12H,9-10H2,1-2H3/b18-12+. The molecule has 1 aliphatic rings.